The Balaban J connectivity index is 2.67. The molecule has 0 saturated carbocycles. The predicted octanol–water partition coefficient (Wildman–Crippen LogP) is 1.68. The van der Waals surface area contributed by atoms with Crippen molar-refractivity contribution in [2.24, 2.45) is 5.92 Å². The van der Waals surface area contributed by atoms with E-state index in [9.17, 15) is 4.79 Å². The molecular formula is C10H14ClNO3. The van der Waals surface area contributed by atoms with Crippen molar-refractivity contribution in [3.05, 3.63) is 23.1 Å². The van der Waals surface area contributed by atoms with E-state index < -0.39 is 0 Å². The van der Waals surface area contributed by atoms with Crippen molar-refractivity contribution in [2.45, 2.75) is 19.9 Å². The minimum absolute atomic E-state index is 0.0629. The third-order valence-electron chi connectivity index (χ3n) is 2.18. The summed E-state index contributed by atoms with van der Waals surface area (Å²) in [6.07, 6.45) is 1.35. The Morgan fingerprint density at radius 1 is 1.67 bits per heavy atom. The Kier molecular flexibility index (Phi) is 4.17. The summed E-state index contributed by atoms with van der Waals surface area (Å²) in [7, 11) is 0. The Bertz CT molecular complexity index is 335. The average molecular weight is 232 g/mol. The molecule has 1 atom stereocenters. The van der Waals surface area contributed by atoms with Gasteiger partial charge in [0, 0.05) is 0 Å². The van der Waals surface area contributed by atoms with Gasteiger partial charge in [-0.15, -0.1) is 0 Å². The summed E-state index contributed by atoms with van der Waals surface area (Å²) in [5, 5.41) is 11.8. The first-order chi connectivity index (χ1) is 7.06. The van der Waals surface area contributed by atoms with Crippen LogP contribution in [-0.2, 0) is 0 Å². The normalized spacial score (nSPS) is 12.9. The van der Waals surface area contributed by atoms with Crippen molar-refractivity contribution in [2.75, 3.05) is 6.61 Å². The number of halogens is 1. The van der Waals surface area contributed by atoms with Crippen LogP contribution >= 0.6 is 11.6 Å². The number of rotatable bonds is 4. The van der Waals surface area contributed by atoms with Crippen molar-refractivity contribution >= 4 is 17.5 Å². The molecule has 0 fully saturated rings. The summed E-state index contributed by atoms with van der Waals surface area (Å²) in [5.41, 5.74) is 0.288. The van der Waals surface area contributed by atoms with E-state index in [0.717, 1.165) is 0 Å². The van der Waals surface area contributed by atoms with E-state index in [0.29, 0.717) is 0 Å². The monoisotopic (exact) mass is 231 g/mol. The van der Waals surface area contributed by atoms with Crippen molar-refractivity contribution in [3.63, 3.8) is 0 Å². The number of nitrogens with one attached hydrogen (secondary N) is 1. The van der Waals surface area contributed by atoms with Gasteiger partial charge in [-0.3, -0.25) is 4.79 Å². The van der Waals surface area contributed by atoms with Crippen molar-refractivity contribution in [3.8, 4) is 0 Å². The first-order valence-electron chi connectivity index (χ1n) is 4.71. The smallest absolute Gasteiger partial charge is 0.256 e. The Hall–Kier alpha value is -1.00. The Labute approximate surface area is 93.2 Å². The summed E-state index contributed by atoms with van der Waals surface area (Å²) in [6, 6.07) is 1.22. The molecule has 0 saturated heterocycles. The number of carbonyl (C=O) groups is 1. The van der Waals surface area contributed by atoms with Crippen LogP contribution in [0.25, 0.3) is 0 Å². The van der Waals surface area contributed by atoms with Crippen LogP contribution in [0.4, 0.5) is 0 Å². The highest BCUT2D eigenvalue weighted by Gasteiger charge is 2.19. The molecule has 1 rings (SSSR count). The lowest BCUT2D eigenvalue weighted by molar-refractivity contribution is 0.0896. The Morgan fingerprint density at radius 3 is 2.73 bits per heavy atom. The second-order valence-electron chi connectivity index (χ2n) is 3.61. The second kappa shape index (κ2) is 5.19. The lowest BCUT2D eigenvalue weighted by atomic mass is 10.1. The highest BCUT2D eigenvalue weighted by atomic mass is 35.5. The molecule has 0 aliphatic rings. The lowest BCUT2D eigenvalue weighted by Crippen LogP contribution is -2.41. The molecule has 1 aromatic rings. The molecule has 0 aromatic carbocycles. The molecule has 0 unspecified atom stereocenters. The minimum Gasteiger partial charge on any atom is -0.452 e. The second-order valence-corrected chi connectivity index (χ2v) is 3.96. The topological polar surface area (TPSA) is 62.5 Å². The van der Waals surface area contributed by atoms with E-state index in [-0.39, 0.29) is 35.3 Å². The van der Waals surface area contributed by atoms with E-state index >= 15 is 0 Å². The van der Waals surface area contributed by atoms with Crippen molar-refractivity contribution < 1.29 is 14.3 Å². The molecule has 0 spiro atoms. The number of hydrogen-bond acceptors (Lipinski definition) is 3. The lowest BCUT2D eigenvalue weighted by Gasteiger charge is -2.19. The number of aliphatic hydroxyl groups is 1. The third-order valence-corrected chi connectivity index (χ3v) is 2.47. The summed E-state index contributed by atoms with van der Waals surface area (Å²) >= 11 is 5.65. The van der Waals surface area contributed by atoms with Crippen LogP contribution in [0.5, 0.6) is 0 Å². The summed E-state index contributed by atoms with van der Waals surface area (Å²) in [4.78, 5) is 11.6. The molecular weight excluding hydrogens is 218 g/mol. The van der Waals surface area contributed by atoms with Gasteiger partial charge >= 0.3 is 0 Å². The first kappa shape index (κ1) is 12.1. The highest BCUT2D eigenvalue weighted by Crippen LogP contribution is 2.16. The molecule has 84 valence electrons. The number of amides is 1. The van der Waals surface area contributed by atoms with Gasteiger partial charge in [-0.1, -0.05) is 13.8 Å². The summed E-state index contributed by atoms with van der Waals surface area (Å²) in [5.74, 6) is -0.175. The maximum absolute atomic E-state index is 11.6. The van der Waals surface area contributed by atoms with Gasteiger partial charge in [0.05, 0.1) is 24.5 Å². The summed E-state index contributed by atoms with van der Waals surface area (Å²) < 4.78 is 4.80. The largest absolute Gasteiger partial charge is 0.452 e. The molecule has 0 aliphatic carbocycles. The van der Waals surface area contributed by atoms with E-state index in [1.165, 1.54) is 12.3 Å². The van der Waals surface area contributed by atoms with Gasteiger partial charge < -0.3 is 14.8 Å². The zero-order valence-electron chi connectivity index (χ0n) is 8.66. The molecule has 1 aromatic heterocycles. The number of carbonyl (C=O) groups excluding carboxylic acids is 1. The van der Waals surface area contributed by atoms with E-state index in [4.69, 9.17) is 21.1 Å². The number of hydrogen-bond donors (Lipinski definition) is 2. The molecule has 5 heteroatoms. The summed E-state index contributed by atoms with van der Waals surface area (Å²) in [6.45, 7) is 3.73. The molecule has 1 heterocycles. The zero-order valence-corrected chi connectivity index (χ0v) is 9.41. The van der Waals surface area contributed by atoms with Crippen molar-refractivity contribution in [1.29, 1.82) is 0 Å². The van der Waals surface area contributed by atoms with Crippen molar-refractivity contribution in [1.82, 2.24) is 5.32 Å². The SMILES string of the molecule is CC(C)[C@@H](CO)NC(=O)c1ccoc1Cl. The van der Waals surface area contributed by atoms with Crippen LogP contribution in [-0.4, -0.2) is 23.7 Å². The fourth-order valence-electron chi connectivity index (χ4n) is 1.13. The van der Waals surface area contributed by atoms with Gasteiger partial charge in [-0.2, -0.15) is 0 Å². The highest BCUT2D eigenvalue weighted by molar-refractivity contribution is 6.32. The van der Waals surface area contributed by atoms with Gasteiger partial charge in [-0.05, 0) is 23.6 Å². The van der Waals surface area contributed by atoms with Crippen LogP contribution in [0.3, 0.4) is 0 Å². The van der Waals surface area contributed by atoms with Gasteiger partial charge in [0.25, 0.3) is 5.91 Å². The van der Waals surface area contributed by atoms with E-state index in [1.807, 2.05) is 13.8 Å². The van der Waals surface area contributed by atoms with E-state index in [2.05, 4.69) is 5.32 Å². The quantitative estimate of drug-likeness (QED) is 0.829. The predicted molar refractivity (Wildman–Crippen MR) is 56.9 cm³/mol. The van der Waals surface area contributed by atoms with Crippen LogP contribution < -0.4 is 5.32 Å². The first-order valence-corrected chi connectivity index (χ1v) is 5.08. The van der Waals surface area contributed by atoms with Crippen LogP contribution in [0.15, 0.2) is 16.7 Å². The third kappa shape index (κ3) is 2.97. The fraction of sp³-hybridized carbons (Fsp3) is 0.500. The van der Waals surface area contributed by atoms with Gasteiger partial charge in [0.1, 0.15) is 0 Å². The Morgan fingerprint density at radius 2 is 2.33 bits per heavy atom. The zero-order chi connectivity index (χ0) is 11.4. The van der Waals surface area contributed by atoms with Gasteiger partial charge in [0.2, 0.25) is 5.22 Å². The molecule has 0 radical (unpaired) electrons. The number of aliphatic hydroxyl groups excluding tert-OH is 1. The minimum atomic E-state index is -0.332. The maximum atomic E-state index is 11.6. The average Bonchev–Trinajstić information content (AvgIpc) is 2.60. The molecule has 4 nitrogen and oxygen atoms in total. The fourth-order valence-corrected chi connectivity index (χ4v) is 1.33. The molecule has 0 bridgehead atoms. The van der Waals surface area contributed by atoms with Crippen LogP contribution in [0, 0.1) is 5.92 Å². The molecule has 2 N–H and O–H groups in total. The molecule has 0 aliphatic heterocycles. The maximum Gasteiger partial charge on any atom is 0.256 e. The molecule has 15 heavy (non-hydrogen) atoms. The van der Waals surface area contributed by atoms with Crippen LogP contribution in [0.2, 0.25) is 5.22 Å². The van der Waals surface area contributed by atoms with Gasteiger partial charge in [0.15, 0.2) is 0 Å². The van der Waals surface area contributed by atoms with Crippen LogP contribution in [0.1, 0.15) is 24.2 Å². The van der Waals surface area contributed by atoms with E-state index in [1.54, 1.807) is 0 Å². The van der Waals surface area contributed by atoms with Gasteiger partial charge in [-0.25, -0.2) is 0 Å². The molecule has 1 amide bonds. The standard InChI is InChI=1S/C10H14ClNO3/c1-6(2)8(5-13)12-10(14)7-3-4-15-9(7)11/h3-4,6,8,13H,5H2,1-2H3,(H,12,14)/t8-/m1/s1. The number of furan rings is 1.